The van der Waals surface area contributed by atoms with Crippen LogP contribution in [0.3, 0.4) is 0 Å². The van der Waals surface area contributed by atoms with Gasteiger partial charge in [-0.25, -0.2) is 0 Å². The van der Waals surface area contributed by atoms with Gasteiger partial charge >= 0.3 is 0 Å². The zero-order chi connectivity index (χ0) is 8.97. The van der Waals surface area contributed by atoms with E-state index in [4.69, 9.17) is 17.3 Å². The summed E-state index contributed by atoms with van der Waals surface area (Å²) < 4.78 is 0. The maximum Gasteiger partial charge on any atom is 0.0633 e. The molecule has 2 nitrogen and oxygen atoms in total. The van der Waals surface area contributed by atoms with Gasteiger partial charge in [0.05, 0.1) is 16.4 Å². The van der Waals surface area contributed by atoms with Crippen molar-refractivity contribution in [3.8, 4) is 0 Å². The number of aryl methyl sites for hydroxylation is 1. The third-order valence-corrected chi connectivity index (χ3v) is 1.94. The molecular weight excluding hydrogens is 172 g/mol. The van der Waals surface area contributed by atoms with Crippen LogP contribution < -0.4 is 5.73 Å². The molecule has 0 radical (unpaired) electrons. The summed E-state index contributed by atoms with van der Waals surface area (Å²) >= 11 is 5.71. The first-order valence-electron chi connectivity index (χ1n) is 4.14. The molecule has 0 amide bonds. The van der Waals surface area contributed by atoms with Gasteiger partial charge in [0.1, 0.15) is 0 Å². The van der Waals surface area contributed by atoms with E-state index in [0.717, 1.165) is 25.0 Å². The highest BCUT2D eigenvalue weighted by atomic mass is 35.5. The summed E-state index contributed by atoms with van der Waals surface area (Å²) in [6.07, 6.45) is 4.87. The predicted octanol–water partition coefficient (Wildman–Crippen LogP) is 2.66. The van der Waals surface area contributed by atoms with Gasteiger partial charge in [-0.15, -0.1) is 0 Å². The molecule has 1 aromatic rings. The Morgan fingerprint density at radius 1 is 1.58 bits per heavy atom. The van der Waals surface area contributed by atoms with Gasteiger partial charge in [0.2, 0.25) is 0 Å². The van der Waals surface area contributed by atoms with Crippen molar-refractivity contribution in [3.05, 3.63) is 23.0 Å². The van der Waals surface area contributed by atoms with E-state index in [-0.39, 0.29) is 0 Å². The van der Waals surface area contributed by atoms with Crippen LogP contribution in [0.4, 0.5) is 5.69 Å². The van der Waals surface area contributed by atoms with Gasteiger partial charge < -0.3 is 5.73 Å². The second kappa shape index (κ2) is 4.31. The molecule has 1 aromatic heterocycles. The summed E-state index contributed by atoms with van der Waals surface area (Å²) in [5, 5.41) is 0.604. The van der Waals surface area contributed by atoms with Gasteiger partial charge in [0.15, 0.2) is 0 Å². The van der Waals surface area contributed by atoms with Crippen LogP contribution in [0.1, 0.15) is 25.5 Å². The van der Waals surface area contributed by atoms with Crippen molar-refractivity contribution < 1.29 is 0 Å². The highest BCUT2D eigenvalue weighted by Crippen LogP contribution is 2.16. The number of hydrogen-bond acceptors (Lipinski definition) is 2. The number of pyridine rings is 1. The molecule has 0 fully saturated rings. The average Bonchev–Trinajstić information content (AvgIpc) is 2.03. The number of unbranched alkanes of at least 4 members (excludes halogenated alkanes) is 1. The summed E-state index contributed by atoms with van der Waals surface area (Å²) in [7, 11) is 0. The Morgan fingerprint density at radius 3 is 2.92 bits per heavy atom. The Hall–Kier alpha value is -0.760. The van der Waals surface area contributed by atoms with E-state index in [1.807, 2.05) is 0 Å². The van der Waals surface area contributed by atoms with Crippen LogP contribution >= 0.6 is 11.6 Å². The molecule has 0 atom stereocenters. The third kappa shape index (κ3) is 2.38. The molecule has 0 aliphatic rings. The highest BCUT2D eigenvalue weighted by molar-refractivity contribution is 6.30. The third-order valence-electron chi connectivity index (χ3n) is 1.74. The first-order valence-corrected chi connectivity index (χ1v) is 4.51. The molecule has 0 bridgehead atoms. The molecule has 0 aliphatic heterocycles. The quantitative estimate of drug-likeness (QED) is 0.785. The second-order valence-corrected chi connectivity index (χ2v) is 3.23. The van der Waals surface area contributed by atoms with E-state index < -0.39 is 0 Å². The largest absolute Gasteiger partial charge is 0.397 e. The molecule has 0 unspecified atom stereocenters. The summed E-state index contributed by atoms with van der Waals surface area (Å²) in [5.74, 6) is 0. The first kappa shape index (κ1) is 9.33. The number of halogens is 1. The number of nitrogens with two attached hydrogens (primary N) is 1. The van der Waals surface area contributed by atoms with Gasteiger partial charge in [-0.3, -0.25) is 4.98 Å². The van der Waals surface area contributed by atoms with E-state index in [1.54, 1.807) is 12.3 Å². The Morgan fingerprint density at radius 2 is 2.33 bits per heavy atom. The summed E-state index contributed by atoms with van der Waals surface area (Å²) in [4.78, 5) is 4.16. The predicted molar refractivity (Wildman–Crippen MR) is 52.3 cm³/mol. The molecule has 0 spiro atoms. The summed E-state index contributed by atoms with van der Waals surface area (Å²) in [5.41, 5.74) is 7.38. The van der Waals surface area contributed by atoms with E-state index in [0.29, 0.717) is 10.7 Å². The van der Waals surface area contributed by atoms with Crippen molar-refractivity contribution in [1.82, 2.24) is 4.98 Å². The van der Waals surface area contributed by atoms with Crippen LogP contribution in [0.25, 0.3) is 0 Å². The molecule has 3 heteroatoms. The zero-order valence-corrected chi connectivity index (χ0v) is 7.93. The van der Waals surface area contributed by atoms with Crippen molar-refractivity contribution in [3.63, 3.8) is 0 Å². The molecule has 0 saturated carbocycles. The number of anilines is 1. The summed E-state index contributed by atoms with van der Waals surface area (Å²) in [6.45, 7) is 2.14. The Kier molecular flexibility index (Phi) is 3.35. The first-order chi connectivity index (χ1) is 5.74. The van der Waals surface area contributed by atoms with Crippen molar-refractivity contribution in [2.45, 2.75) is 26.2 Å². The zero-order valence-electron chi connectivity index (χ0n) is 7.18. The van der Waals surface area contributed by atoms with E-state index >= 15 is 0 Å². The van der Waals surface area contributed by atoms with Gasteiger partial charge in [0.25, 0.3) is 0 Å². The van der Waals surface area contributed by atoms with Gasteiger partial charge in [-0.05, 0) is 18.9 Å². The minimum absolute atomic E-state index is 0.604. The van der Waals surface area contributed by atoms with Crippen molar-refractivity contribution in [2.24, 2.45) is 0 Å². The SMILES string of the molecule is CCCCc1ncc(Cl)cc1N. The number of nitrogens with zero attached hydrogens (tertiary/aromatic N) is 1. The van der Waals surface area contributed by atoms with Gasteiger partial charge in [-0.1, -0.05) is 24.9 Å². The maximum atomic E-state index is 5.72. The lowest BCUT2D eigenvalue weighted by atomic mass is 10.1. The molecular formula is C9H13ClN2. The van der Waals surface area contributed by atoms with Crippen LogP contribution in [0.5, 0.6) is 0 Å². The van der Waals surface area contributed by atoms with Crippen LogP contribution in [-0.4, -0.2) is 4.98 Å². The Bertz CT molecular complexity index is 261. The highest BCUT2D eigenvalue weighted by Gasteiger charge is 2.00. The minimum atomic E-state index is 0.604. The van der Waals surface area contributed by atoms with E-state index in [9.17, 15) is 0 Å². The van der Waals surface area contributed by atoms with Crippen molar-refractivity contribution in [2.75, 3.05) is 5.73 Å². The van der Waals surface area contributed by atoms with Crippen molar-refractivity contribution in [1.29, 1.82) is 0 Å². The van der Waals surface area contributed by atoms with Gasteiger partial charge in [-0.2, -0.15) is 0 Å². The fourth-order valence-corrected chi connectivity index (χ4v) is 1.20. The number of aromatic nitrogens is 1. The molecule has 1 rings (SSSR count). The molecule has 0 aliphatic carbocycles. The number of rotatable bonds is 3. The molecule has 66 valence electrons. The summed E-state index contributed by atoms with van der Waals surface area (Å²) in [6, 6.07) is 1.75. The fourth-order valence-electron chi connectivity index (χ4n) is 1.04. The van der Waals surface area contributed by atoms with Crippen LogP contribution in [0, 0.1) is 0 Å². The topological polar surface area (TPSA) is 38.9 Å². The van der Waals surface area contributed by atoms with E-state index in [2.05, 4.69) is 11.9 Å². The lowest BCUT2D eigenvalue weighted by molar-refractivity contribution is 0.779. The molecule has 0 aromatic carbocycles. The molecule has 2 N–H and O–H groups in total. The number of nitrogen functional groups attached to an aromatic ring is 1. The fraction of sp³-hybridized carbons (Fsp3) is 0.444. The average molecular weight is 185 g/mol. The Labute approximate surface area is 77.8 Å². The molecule has 1 heterocycles. The normalized spacial score (nSPS) is 10.2. The minimum Gasteiger partial charge on any atom is -0.397 e. The smallest absolute Gasteiger partial charge is 0.0633 e. The lowest BCUT2D eigenvalue weighted by Crippen LogP contribution is -1.97. The lowest BCUT2D eigenvalue weighted by Gasteiger charge is -2.02. The van der Waals surface area contributed by atoms with Crippen LogP contribution in [0.2, 0.25) is 5.02 Å². The molecule has 12 heavy (non-hydrogen) atoms. The monoisotopic (exact) mass is 184 g/mol. The second-order valence-electron chi connectivity index (χ2n) is 2.79. The van der Waals surface area contributed by atoms with Gasteiger partial charge in [0, 0.05) is 6.20 Å². The number of hydrogen-bond donors (Lipinski definition) is 1. The molecule has 0 saturated heterocycles. The van der Waals surface area contributed by atoms with Crippen molar-refractivity contribution >= 4 is 17.3 Å². The van der Waals surface area contributed by atoms with Crippen LogP contribution in [0.15, 0.2) is 12.3 Å². The van der Waals surface area contributed by atoms with Crippen LogP contribution in [-0.2, 0) is 6.42 Å². The Balaban J connectivity index is 2.72. The maximum absolute atomic E-state index is 5.72. The van der Waals surface area contributed by atoms with E-state index in [1.165, 1.54) is 0 Å². The standard InChI is InChI=1S/C9H13ClN2/c1-2-3-4-9-8(11)5-7(10)6-12-9/h5-6H,2-4,11H2,1H3.